The Hall–Kier alpha value is 0.270. The second kappa shape index (κ2) is 7.70. The summed E-state index contributed by atoms with van der Waals surface area (Å²) in [5.74, 6) is 3.63. The molecular weight excluding hydrogens is 276 g/mol. The van der Waals surface area contributed by atoms with Gasteiger partial charge in [-0.3, -0.25) is 0 Å². The minimum Gasteiger partial charge on any atom is -0.311 e. The summed E-state index contributed by atoms with van der Waals surface area (Å²) >= 11 is 2.14. The van der Waals surface area contributed by atoms with Gasteiger partial charge in [-0.1, -0.05) is 19.8 Å². The molecule has 2 aliphatic rings. The van der Waals surface area contributed by atoms with E-state index < -0.39 is 0 Å². The smallest absolute Gasteiger partial charge is 0.00967 e. The Bertz CT molecular complexity index is 295. The minimum absolute atomic E-state index is 0.241. The molecule has 2 rings (SSSR count). The van der Waals surface area contributed by atoms with Crippen molar-refractivity contribution in [3.8, 4) is 0 Å². The molecule has 0 aromatic rings. The molecule has 1 saturated carbocycles. The van der Waals surface area contributed by atoms with Crippen LogP contribution >= 0.6 is 11.8 Å². The first-order valence-corrected chi connectivity index (χ1v) is 10.1. The Labute approximate surface area is 136 Å². The van der Waals surface area contributed by atoms with Crippen molar-refractivity contribution >= 4 is 11.8 Å². The molecular formula is C18H36N2S. The number of nitrogens with one attached hydrogen (secondary N) is 1. The highest BCUT2D eigenvalue weighted by Crippen LogP contribution is 2.39. The normalized spacial score (nSPS) is 32.9. The summed E-state index contributed by atoms with van der Waals surface area (Å²) in [6.45, 7) is 14.5. The molecule has 1 aliphatic heterocycles. The molecule has 2 nitrogen and oxygen atoms in total. The molecule has 1 aliphatic carbocycles. The lowest BCUT2D eigenvalue weighted by Gasteiger charge is -2.44. The Morgan fingerprint density at radius 3 is 2.52 bits per heavy atom. The molecule has 1 heterocycles. The molecule has 0 amide bonds. The Kier molecular flexibility index (Phi) is 6.46. The van der Waals surface area contributed by atoms with Gasteiger partial charge in [0.2, 0.25) is 0 Å². The largest absolute Gasteiger partial charge is 0.311 e. The van der Waals surface area contributed by atoms with E-state index in [-0.39, 0.29) is 5.54 Å². The summed E-state index contributed by atoms with van der Waals surface area (Å²) in [4.78, 5) is 2.76. The quantitative estimate of drug-likeness (QED) is 0.844. The second-order valence-electron chi connectivity index (χ2n) is 8.53. The van der Waals surface area contributed by atoms with Crippen LogP contribution in [0.2, 0.25) is 0 Å². The number of thioether (sulfide) groups is 1. The van der Waals surface area contributed by atoms with Gasteiger partial charge in [0.15, 0.2) is 0 Å². The molecule has 0 bridgehead atoms. The molecule has 0 spiro atoms. The number of hydrogen-bond acceptors (Lipinski definition) is 3. The van der Waals surface area contributed by atoms with Gasteiger partial charge in [-0.15, -0.1) is 0 Å². The first-order valence-electron chi connectivity index (χ1n) is 8.94. The standard InChI is InChI=1S/C18H36N2S/c1-16-6-8-18(9-7-16,14-19-17(2,3)4)15-20-10-5-12-21-13-11-20/h16,19H,5-15H2,1-4H3. The third kappa shape index (κ3) is 6.11. The summed E-state index contributed by atoms with van der Waals surface area (Å²) in [6, 6.07) is 0. The van der Waals surface area contributed by atoms with E-state index in [2.05, 4.69) is 49.7 Å². The summed E-state index contributed by atoms with van der Waals surface area (Å²) in [7, 11) is 0. The maximum atomic E-state index is 3.82. The van der Waals surface area contributed by atoms with Crippen molar-refractivity contribution in [2.75, 3.05) is 37.7 Å². The van der Waals surface area contributed by atoms with Crippen LogP contribution in [0.5, 0.6) is 0 Å². The molecule has 3 heteroatoms. The Morgan fingerprint density at radius 1 is 1.14 bits per heavy atom. The summed E-state index contributed by atoms with van der Waals surface area (Å²) < 4.78 is 0. The van der Waals surface area contributed by atoms with E-state index in [9.17, 15) is 0 Å². The fourth-order valence-corrected chi connectivity index (χ4v) is 4.57. The van der Waals surface area contributed by atoms with Gasteiger partial charge in [0.25, 0.3) is 0 Å². The van der Waals surface area contributed by atoms with Gasteiger partial charge in [-0.2, -0.15) is 11.8 Å². The highest BCUT2D eigenvalue weighted by molar-refractivity contribution is 7.99. The van der Waals surface area contributed by atoms with Crippen LogP contribution in [0.25, 0.3) is 0 Å². The highest BCUT2D eigenvalue weighted by atomic mass is 32.2. The predicted molar refractivity (Wildman–Crippen MR) is 96.2 cm³/mol. The van der Waals surface area contributed by atoms with Crippen LogP contribution in [-0.4, -0.2) is 48.1 Å². The highest BCUT2D eigenvalue weighted by Gasteiger charge is 2.36. The number of hydrogen-bond donors (Lipinski definition) is 1. The molecule has 0 atom stereocenters. The Balaban J connectivity index is 1.97. The van der Waals surface area contributed by atoms with Crippen molar-refractivity contribution in [1.82, 2.24) is 10.2 Å². The summed E-state index contributed by atoms with van der Waals surface area (Å²) in [5, 5.41) is 3.82. The number of rotatable bonds is 4. The molecule has 0 unspecified atom stereocenters. The average Bonchev–Trinajstić information content (AvgIpc) is 2.68. The van der Waals surface area contributed by atoms with Crippen LogP contribution in [0, 0.1) is 11.3 Å². The van der Waals surface area contributed by atoms with E-state index in [1.165, 1.54) is 69.8 Å². The topological polar surface area (TPSA) is 15.3 Å². The average molecular weight is 313 g/mol. The zero-order valence-electron chi connectivity index (χ0n) is 14.7. The third-order valence-electron chi connectivity index (χ3n) is 5.20. The van der Waals surface area contributed by atoms with Crippen LogP contribution in [0.15, 0.2) is 0 Å². The second-order valence-corrected chi connectivity index (χ2v) is 9.75. The van der Waals surface area contributed by atoms with E-state index in [0.29, 0.717) is 5.41 Å². The lowest BCUT2D eigenvalue weighted by atomic mass is 9.70. The van der Waals surface area contributed by atoms with Gasteiger partial charge in [0.1, 0.15) is 0 Å². The van der Waals surface area contributed by atoms with Crippen molar-refractivity contribution in [1.29, 1.82) is 0 Å². The molecule has 1 N–H and O–H groups in total. The molecule has 0 aromatic heterocycles. The third-order valence-corrected chi connectivity index (χ3v) is 6.25. The van der Waals surface area contributed by atoms with Crippen LogP contribution in [0.3, 0.4) is 0 Å². The fourth-order valence-electron chi connectivity index (χ4n) is 3.65. The molecule has 2 fully saturated rings. The molecule has 0 radical (unpaired) electrons. The van der Waals surface area contributed by atoms with E-state index in [4.69, 9.17) is 0 Å². The van der Waals surface area contributed by atoms with Crippen LogP contribution in [0.4, 0.5) is 0 Å². The zero-order chi connectivity index (χ0) is 15.3. The molecule has 21 heavy (non-hydrogen) atoms. The first kappa shape index (κ1) is 17.6. The van der Waals surface area contributed by atoms with Gasteiger partial charge in [0, 0.05) is 30.9 Å². The number of nitrogens with zero attached hydrogens (tertiary/aromatic N) is 1. The van der Waals surface area contributed by atoms with E-state index >= 15 is 0 Å². The van der Waals surface area contributed by atoms with Gasteiger partial charge in [0.05, 0.1) is 0 Å². The monoisotopic (exact) mass is 312 g/mol. The maximum absolute atomic E-state index is 3.82. The maximum Gasteiger partial charge on any atom is 0.00967 e. The van der Waals surface area contributed by atoms with E-state index in [1.807, 2.05) is 0 Å². The van der Waals surface area contributed by atoms with Crippen LogP contribution in [-0.2, 0) is 0 Å². The van der Waals surface area contributed by atoms with Gasteiger partial charge >= 0.3 is 0 Å². The predicted octanol–water partition coefficient (Wildman–Crippen LogP) is 4.01. The van der Waals surface area contributed by atoms with Crippen molar-refractivity contribution in [2.45, 2.75) is 65.3 Å². The van der Waals surface area contributed by atoms with Crippen molar-refractivity contribution in [2.24, 2.45) is 11.3 Å². The van der Waals surface area contributed by atoms with Crippen molar-refractivity contribution in [3.05, 3.63) is 0 Å². The molecule has 1 saturated heterocycles. The summed E-state index contributed by atoms with van der Waals surface area (Å²) in [6.07, 6.45) is 7.06. The summed E-state index contributed by atoms with van der Waals surface area (Å²) in [5.41, 5.74) is 0.763. The fraction of sp³-hybridized carbons (Fsp3) is 1.00. The van der Waals surface area contributed by atoms with Gasteiger partial charge in [-0.25, -0.2) is 0 Å². The van der Waals surface area contributed by atoms with Gasteiger partial charge < -0.3 is 10.2 Å². The van der Waals surface area contributed by atoms with E-state index in [0.717, 1.165) is 5.92 Å². The van der Waals surface area contributed by atoms with Crippen molar-refractivity contribution < 1.29 is 0 Å². The SMILES string of the molecule is CC1CCC(CNC(C)(C)C)(CN2CCCSCC2)CC1. The molecule has 124 valence electrons. The van der Waals surface area contributed by atoms with Crippen LogP contribution in [0.1, 0.15) is 59.8 Å². The lowest BCUT2D eigenvalue weighted by molar-refractivity contribution is 0.0834. The van der Waals surface area contributed by atoms with E-state index in [1.54, 1.807) is 0 Å². The van der Waals surface area contributed by atoms with Gasteiger partial charge in [-0.05, 0) is 63.7 Å². The Morgan fingerprint density at radius 2 is 1.86 bits per heavy atom. The zero-order valence-corrected chi connectivity index (χ0v) is 15.5. The van der Waals surface area contributed by atoms with Crippen LogP contribution < -0.4 is 5.32 Å². The molecule has 0 aromatic carbocycles. The van der Waals surface area contributed by atoms with Crippen molar-refractivity contribution in [3.63, 3.8) is 0 Å². The lowest BCUT2D eigenvalue weighted by Crippen LogP contribution is -2.50. The first-order chi connectivity index (χ1) is 9.89. The minimum atomic E-state index is 0.241.